The number of hydrogen-bond acceptors (Lipinski definition) is 5. The van der Waals surface area contributed by atoms with Crippen LogP contribution in [0.1, 0.15) is 11.1 Å². The molecule has 3 rings (SSSR count). The van der Waals surface area contributed by atoms with Crippen molar-refractivity contribution >= 4 is 45.9 Å². The van der Waals surface area contributed by atoms with E-state index in [-0.39, 0.29) is 10.6 Å². The number of urea groups is 1. The van der Waals surface area contributed by atoms with Crippen molar-refractivity contribution in [2.24, 2.45) is 5.10 Å². The van der Waals surface area contributed by atoms with E-state index in [2.05, 4.69) is 20.6 Å². The number of rotatable bonds is 5. The molecule has 0 bridgehead atoms. The fraction of sp³-hybridized carbons (Fsp3) is 0. The molecule has 0 aromatic heterocycles. The fourth-order valence-electron chi connectivity index (χ4n) is 2.16. The third kappa shape index (κ3) is 4.72. The smallest absolute Gasteiger partial charge is 0.303 e. The van der Waals surface area contributed by atoms with Gasteiger partial charge in [0.15, 0.2) is 0 Å². The lowest BCUT2D eigenvalue weighted by Gasteiger charge is -2.04. The number of amides is 3. The van der Waals surface area contributed by atoms with Crippen molar-refractivity contribution in [3.05, 3.63) is 70.4 Å². The maximum atomic E-state index is 12.2. The minimum absolute atomic E-state index is 0.00202. The van der Waals surface area contributed by atoms with Gasteiger partial charge < -0.3 is 5.32 Å². The van der Waals surface area contributed by atoms with Crippen LogP contribution in [0.25, 0.3) is 6.08 Å². The minimum atomic E-state index is -3.85. The second-order valence-electron chi connectivity index (χ2n) is 5.44. The molecule has 1 aliphatic heterocycles. The summed E-state index contributed by atoms with van der Waals surface area (Å²) in [5.41, 5.74) is 1.31. The van der Waals surface area contributed by atoms with Gasteiger partial charge in [0.05, 0.1) is 11.1 Å². The molecule has 1 saturated heterocycles. The maximum absolute atomic E-state index is 12.2. The number of nitrogens with one attached hydrogen (secondary N) is 3. The van der Waals surface area contributed by atoms with Crippen molar-refractivity contribution in [3.8, 4) is 0 Å². The molecule has 0 atom stereocenters. The monoisotopic (exact) mass is 404 g/mol. The van der Waals surface area contributed by atoms with Gasteiger partial charge in [-0.05, 0) is 41.5 Å². The third-order valence-electron chi connectivity index (χ3n) is 3.48. The van der Waals surface area contributed by atoms with Crippen molar-refractivity contribution in [1.29, 1.82) is 0 Å². The average molecular weight is 405 g/mol. The number of benzene rings is 2. The third-order valence-corrected chi connectivity index (χ3v) is 4.97. The van der Waals surface area contributed by atoms with E-state index in [1.165, 1.54) is 36.6 Å². The van der Waals surface area contributed by atoms with Gasteiger partial charge in [0, 0.05) is 5.02 Å². The number of halogens is 1. The largest absolute Gasteiger partial charge is 0.326 e. The first-order chi connectivity index (χ1) is 12.8. The summed E-state index contributed by atoms with van der Waals surface area (Å²) in [6.45, 7) is 0. The van der Waals surface area contributed by atoms with Crippen LogP contribution in [-0.2, 0) is 14.8 Å². The number of hydrazone groups is 1. The molecule has 0 unspecified atom stereocenters. The first-order valence-corrected chi connectivity index (χ1v) is 9.44. The van der Waals surface area contributed by atoms with Gasteiger partial charge in [-0.2, -0.15) is 13.5 Å². The van der Waals surface area contributed by atoms with Crippen LogP contribution in [0.3, 0.4) is 0 Å². The zero-order valence-corrected chi connectivity index (χ0v) is 15.2. The van der Waals surface area contributed by atoms with Crippen molar-refractivity contribution in [2.45, 2.75) is 4.90 Å². The molecule has 1 heterocycles. The second kappa shape index (κ2) is 7.60. The maximum Gasteiger partial charge on any atom is 0.326 e. The molecule has 3 N–H and O–H groups in total. The number of nitrogens with zero attached hydrogens (tertiary/aromatic N) is 1. The Morgan fingerprint density at radius 3 is 2.15 bits per heavy atom. The van der Waals surface area contributed by atoms with Crippen LogP contribution in [0, 0.1) is 0 Å². The minimum Gasteiger partial charge on any atom is -0.303 e. The number of sulfonamides is 1. The van der Waals surface area contributed by atoms with Crippen LogP contribution < -0.4 is 15.5 Å². The molecule has 2 aromatic carbocycles. The average Bonchev–Trinajstić information content (AvgIpc) is 2.94. The lowest BCUT2D eigenvalue weighted by atomic mass is 10.2. The van der Waals surface area contributed by atoms with Crippen LogP contribution in [-0.4, -0.2) is 26.6 Å². The van der Waals surface area contributed by atoms with Gasteiger partial charge in [-0.1, -0.05) is 35.9 Å². The molecule has 0 radical (unpaired) electrons. The van der Waals surface area contributed by atoms with Crippen LogP contribution in [0.2, 0.25) is 5.02 Å². The molecule has 27 heavy (non-hydrogen) atoms. The number of hydrogen-bond donors (Lipinski definition) is 3. The normalized spacial score (nSPS) is 15.8. The molecule has 0 saturated carbocycles. The molecule has 138 valence electrons. The standard InChI is InChI=1S/C17H13ClN4O4S/c18-13-5-1-12(2-6-13)10-19-22-27(25,26)14-7-3-11(4-8-14)9-15-16(23)21-17(24)20-15/h1-10,22H,(H2,20,21,23,24)/b15-9-,19-10-. The van der Waals surface area contributed by atoms with Crippen molar-refractivity contribution in [2.75, 3.05) is 0 Å². The zero-order valence-electron chi connectivity index (χ0n) is 13.6. The van der Waals surface area contributed by atoms with E-state index in [1.54, 1.807) is 24.3 Å². The SMILES string of the molecule is O=C1NC(=O)/C(=C/c2ccc(S(=O)(=O)N/N=C\c3ccc(Cl)cc3)cc2)N1. The van der Waals surface area contributed by atoms with E-state index in [0.29, 0.717) is 16.1 Å². The molecule has 1 aliphatic rings. The van der Waals surface area contributed by atoms with Crippen molar-refractivity contribution in [1.82, 2.24) is 15.5 Å². The summed E-state index contributed by atoms with van der Waals surface area (Å²) in [6.07, 6.45) is 2.79. The lowest BCUT2D eigenvalue weighted by Crippen LogP contribution is -2.22. The molecule has 0 aliphatic carbocycles. The zero-order chi connectivity index (χ0) is 19.4. The molecule has 0 spiro atoms. The van der Waals surface area contributed by atoms with Crippen LogP contribution >= 0.6 is 11.6 Å². The van der Waals surface area contributed by atoms with E-state index in [1.807, 2.05) is 0 Å². The van der Waals surface area contributed by atoms with Gasteiger partial charge in [-0.15, -0.1) is 0 Å². The highest BCUT2D eigenvalue weighted by atomic mass is 35.5. The summed E-state index contributed by atoms with van der Waals surface area (Å²) in [5.74, 6) is -0.546. The van der Waals surface area contributed by atoms with E-state index in [9.17, 15) is 18.0 Å². The summed E-state index contributed by atoms with van der Waals surface area (Å²) < 4.78 is 24.5. The van der Waals surface area contributed by atoms with Crippen molar-refractivity contribution < 1.29 is 18.0 Å². The topological polar surface area (TPSA) is 117 Å². The highest BCUT2D eigenvalue weighted by Crippen LogP contribution is 2.14. The molecular formula is C17H13ClN4O4S. The van der Waals surface area contributed by atoms with Gasteiger partial charge in [0.2, 0.25) is 0 Å². The van der Waals surface area contributed by atoms with E-state index in [0.717, 1.165) is 0 Å². The molecule has 10 heteroatoms. The number of carbonyl (C=O) groups is 2. The van der Waals surface area contributed by atoms with Crippen LogP contribution in [0.15, 0.2) is 64.2 Å². The Bertz CT molecular complexity index is 1050. The Labute approximate surface area is 160 Å². The predicted molar refractivity (Wildman–Crippen MR) is 100 cm³/mol. The first-order valence-electron chi connectivity index (χ1n) is 7.58. The van der Waals surface area contributed by atoms with Gasteiger partial charge in [-0.25, -0.2) is 9.63 Å². The van der Waals surface area contributed by atoms with Crippen LogP contribution in [0.4, 0.5) is 4.79 Å². The van der Waals surface area contributed by atoms with Gasteiger partial charge in [0.1, 0.15) is 5.70 Å². The van der Waals surface area contributed by atoms with Crippen molar-refractivity contribution in [3.63, 3.8) is 0 Å². The summed E-state index contributed by atoms with van der Waals surface area (Å²) in [5, 5.41) is 8.72. The molecule has 1 fully saturated rings. The summed E-state index contributed by atoms with van der Waals surface area (Å²) in [7, 11) is -3.85. The van der Waals surface area contributed by atoms with Gasteiger partial charge in [0.25, 0.3) is 15.9 Å². The molecular weight excluding hydrogens is 392 g/mol. The second-order valence-corrected chi connectivity index (χ2v) is 7.54. The Kier molecular flexibility index (Phi) is 5.24. The Balaban J connectivity index is 1.70. The molecule has 2 aromatic rings. The molecule has 8 nitrogen and oxygen atoms in total. The van der Waals surface area contributed by atoms with Gasteiger partial charge in [-0.3, -0.25) is 10.1 Å². The quantitative estimate of drug-likeness (QED) is 0.305. The van der Waals surface area contributed by atoms with Gasteiger partial charge >= 0.3 is 6.03 Å². The number of carbonyl (C=O) groups excluding carboxylic acids is 2. The predicted octanol–water partition coefficient (Wildman–Crippen LogP) is 1.83. The fourth-order valence-corrected chi connectivity index (χ4v) is 3.08. The highest BCUT2D eigenvalue weighted by molar-refractivity contribution is 7.89. The number of imide groups is 1. The summed E-state index contributed by atoms with van der Waals surface area (Å²) in [6, 6.07) is 11.8. The Hall–Kier alpha value is -3.17. The highest BCUT2D eigenvalue weighted by Gasteiger charge is 2.22. The molecule has 3 amide bonds. The van der Waals surface area contributed by atoms with E-state index >= 15 is 0 Å². The Morgan fingerprint density at radius 1 is 0.926 bits per heavy atom. The first kappa shape index (κ1) is 18.6. The van der Waals surface area contributed by atoms with Crippen LogP contribution in [0.5, 0.6) is 0 Å². The van der Waals surface area contributed by atoms with E-state index < -0.39 is 22.0 Å². The summed E-state index contributed by atoms with van der Waals surface area (Å²) in [4.78, 5) is 24.7. The Morgan fingerprint density at radius 2 is 1.56 bits per heavy atom. The lowest BCUT2D eigenvalue weighted by molar-refractivity contribution is -0.115. The van der Waals surface area contributed by atoms with E-state index in [4.69, 9.17) is 11.6 Å². The summed E-state index contributed by atoms with van der Waals surface area (Å²) >= 11 is 5.78.